The topological polar surface area (TPSA) is 64.1 Å². The molecule has 0 aliphatic rings. The average Bonchev–Trinajstić information content (AvgIpc) is 2.45. The molecule has 0 bridgehead atoms. The number of aromatic nitrogens is 2. The van der Waals surface area contributed by atoms with Gasteiger partial charge in [0.25, 0.3) is 5.56 Å². The van der Waals surface area contributed by atoms with E-state index in [9.17, 15) is 9.59 Å². The zero-order valence-corrected chi connectivity index (χ0v) is 12.7. The molecule has 6 heteroatoms. The third-order valence-corrected chi connectivity index (χ3v) is 3.44. The van der Waals surface area contributed by atoms with Gasteiger partial charge in [-0.2, -0.15) is 0 Å². The van der Waals surface area contributed by atoms with Crippen molar-refractivity contribution in [2.75, 3.05) is 13.2 Å². The molecule has 0 aliphatic carbocycles. The minimum Gasteiger partial charge on any atom is -0.380 e. The fourth-order valence-electron chi connectivity index (χ4n) is 2.14. The van der Waals surface area contributed by atoms with Crippen molar-refractivity contribution in [1.82, 2.24) is 9.55 Å². The monoisotopic (exact) mass is 308 g/mol. The van der Waals surface area contributed by atoms with Gasteiger partial charge in [0.1, 0.15) is 5.15 Å². The van der Waals surface area contributed by atoms with Crippen LogP contribution in [0.1, 0.15) is 19.9 Å². The van der Waals surface area contributed by atoms with Gasteiger partial charge in [-0.25, -0.2) is 4.79 Å². The molecule has 1 aromatic carbocycles. The van der Waals surface area contributed by atoms with Crippen LogP contribution in [0.2, 0.25) is 5.15 Å². The fourth-order valence-corrected chi connectivity index (χ4v) is 2.41. The molecule has 1 N–H and O–H groups in total. The highest BCUT2D eigenvalue weighted by atomic mass is 35.5. The predicted octanol–water partition coefficient (Wildman–Crippen LogP) is 2.45. The van der Waals surface area contributed by atoms with Crippen LogP contribution in [0.25, 0.3) is 11.1 Å². The largest absolute Gasteiger partial charge is 0.380 e. The first-order chi connectivity index (χ1) is 10.1. The van der Waals surface area contributed by atoms with Crippen LogP contribution in [-0.4, -0.2) is 22.8 Å². The van der Waals surface area contributed by atoms with Crippen molar-refractivity contribution in [3.8, 4) is 11.1 Å². The molecule has 0 amide bonds. The Labute approximate surface area is 127 Å². The summed E-state index contributed by atoms with van der Waals surface area (Å²) in [5.74, 6) is 0. The third-order valence-electron chi connectivity index (χ3n) is 3.15. The van der Waals surface area contributed by atoms with Crippen LogP contribution in [0.3, 0.4) is 0 Å². The number of aromatic amines is 1. The van der Waals surface area contributed by atoms with Crippen molar-refractivity contribution in [2.24, 2.45) is 0 Å². The number of ether oxygens (including phenoxy) is 1. The summed E-state index contributed by atoms with van der Waals surface area (Å²) >= 11 is 6.05. The normalized spacial score (nSPS) is 12.3. The van der Waals surface area contributed by atoms with Crippen LogP contribution in [0.15, 0.2) is 39.9 Å². The Bertz CT molecular complexity index is 722. The van der Waals surface area contributed by atoms with E-state index in [1.165, 1.54) is 0 Å². The van der Waals surface area contributed by atoms with Crippen molar-refractivity contribution in [1.29, 1.82) is 0 Å². The maximum atomic E-state index is 12.6. The fraction of sp³-hybridized carbons (Fsp3) is 0.333. The molecule has 1 heterocycles. The van der Waals surface area contributed by atoms with Crippen LogP contribution in [0.5, 0.6) is 0 Å². The van der Waals surface area contributed by atoms with Gasteiger partial charge in [-0.1, -0.05) is 41.9 Å². The molecule has 0 saturated carbocycles. The van der Waals surface area contributed by atoms with Gasteiger partial charge >= 0.3 is 5.69 Å². The maximum absolute atomic E-state index is 12.6. The van der Waals surface area contributed by atoms with E-state index in [-0.39, 0.29) is 17.8 Å². The summed E-state index contributed by atoms with van der Waals surface area (Å²) in [4.78, 5) is 27.2. The Morgan fingerprint density at radius 2 is 1.95 bits per heavy atom. The second kappa shape index (κ2) is 6.74. The molecule has 2 rings (SSSR count). The lowest BCUT2D eigenvalue weighted by molar-refractivity contribution is 0.116. The Morgan fingerprint density at radius 3 is 2.57 bits per heavy atom. The Morgan fingerprint density at radius 1 is 1.29 bits per heavy atom. The van der Waals surface area contributed by atoms with Gasteiger partial charge in [0, 0.05) is 6.61 Å². The van der Waals surface area contributed by atoms with E-state index in [1.54, 1.807) is 19.1 Å². The minimum atomic E-state index is -0.531. The Hall–Kier alpha value is -1.85. The molecule has 0 fully saturated rings. The highest BCUT2D eigenvalue weighted by Gasteiger charge is 2.18. The van der Waals surface area contributed by atoms with Crippen LogP contribution in [-0.2, 0) is 4.74 Å². The van der Waals surface area contributed by atoms with E-state index >= 15 is 0 Å². The van der Waals surface area contributed by atoms with E-state index in [0.717, 1.165) is 4.57 Å². The molecule has 5 nitrogen and oxygen atoms in total. The van der Waals surface area contributed by atoms with Crippen LogP contribution in [0.4, 0.5) is 0 Å². The first-order valence-electron chi connectivity index (χ1n) is 6.73. The van der Waals surface area contributed by atoms with Gasteiger partial charge in [-0.15, -0.1) is 0 Å². The standard InChI is InChI=1S/C15H17ClN2O3/c1-3-21-9-10(2)18-14(19)12(13(16)17-15(18)20)11-7-5-4-6-8-11/h4-8,10H,3,9H2,1-2H3,(H,17,20). The summed E-state index contributed by atoms with van der Waals surface area (Å²) < 4.78 is 6.43. The lowest BCUT2D eigenvalue weighted by Gasteiger charge is -2.15. The van der Waals surface area contributed by atoms with E-state index in [0.29, 0.717) is 17.7 Å². The molecule has 21 heavy (non-hydrogen) atoms. The first kappa shape index (κ1) is 15.5. The average molecular weight is 309 g/mol. The van der Waals surface area contributed by atoms with Crippen LogP contribution in [0, 0.1) is 0 Å². The second-order valence-electron chi connectivity index (χ2n) is 4.67. The highest BCUT2D eigenvalue weighted by Crippen LogP contribution is 2.21. The number of rotatable bonds is 5. The summed E-state index contributed by atoms with van der Waals surface area (Å²) in [6.45, 7) is 4.43. The molecule has 0 spiro atoms. The molecule has 0 radical (unpaired) electrons. The summed E-state index contributed by atoms with van der Waals surface area (Å²) in [6.07, 6.45) is 0. The molecule has 0 aliphatic heterocycles. The van der Waals surface area contributed by atoms with Gasteiger partial charge in [-0.3, -0.25) is 14.3 Å². The number of nitrogens with one attached hydrogen (secondary N) is 1. The van der Waals surface area contributed by atoms with Gasteiger partial charge < -0.3 is 4.74 Å². The summed E-state index contributed by atoms with van der Waals surface area (Å²) in [6, 6.07) is 8.64. The smallest absolute Gasteiger partial charge is 0.329 e. The second-order valence-corrected chi connectivity index (χ2v) is 5.05. The van der Waals surface area contributed by atoms with E-state index in [2.05, 4.69) is 4.98 Å². The van der Waals surface area contributed by atoms with E-state index in [1.807, 2.05) is 25.1 Å². The molecule has 1 atom stereocenters. The zero-order valence-electron chi connectivity index (χ0n) is 11.9. The molecular weight excluding hydrogens is 292 g/mol. The van der Waals surface area contributed by atoms with E-state index in [4.69, 9.17) is 16.3 Å². The SMILES string of the molecule is CCOCC(C)n1c(=O)[nH]c(Cl)c(-c2ccccc2)c1=O. The lowest BCUT2D eigenvalue weighted by Crippen LogP contribution is -2.39. The number of nitrogens with zero attached hydrogens (tertiary/aromatic N) is 1. The number of hydrogen-bond donors (Lipinski definition) is 1. The lowest BCUT2D eigenvalue weighted by atomic mass is 10.1. The van der Waals surface area contributed by atoms with E-state index < -0.39 is 11.2 Å². The number of benzene rings is 1. The van der Waals surface area contributed by atoms with Gasteiger partial charge in [0.15, 0.2) is 0 Å². The van der Waals surface area contributed by atoms with Gasteiger partial charge in [0.2, 0.25) is 0 Å². The third kappa shape index (κ3) is 3.25. The highest BCUT2D eigenvalue weighted by molar-refractivity contribution is 6.32. The summed E-state index contributed by atoms with van der Waals surface area (Å²) in [5.41, 5.74) is 0.0142. The molecule has 1 unspecified atom stereocenters. The van der Waals surface area contributed by atoms with Crippen LogP contribution < -0.4 is 11.2 Å². The zero-order chi connectivity index (χ0) is 15.4. The van der Waals surface area contributed by atoms with Gasteiger partial charge in [-0.05, 0) is 19.4 Å². The van der Waals surface area contributed by atoms with Crippen molar-refractivity contribution in [3.63, 3.8) is 0 Å². The predicted molar refractivity (Wildman–Crippen MR) is 83.0 cm³/mol. The van der Waals surface area contributed by atoms with Crippen molar-refractivity contribution in [2.45, 2.75) is 19.9 Å². The maximum Gasteiger partial charge on any atom is 0.329 e. The van der Waals surface area contributed by atoms with Gasteiger partial charge in [0.05, 0.1) is 18.2 Å². The van der Waals surface area contributed by atoms with Crippen molar-refractivity contribution in [3.05, 3.63) is 56.3 Å². The Kier molecular flexibility index (Phi) is 4.98. The first-order valence-corrected chi connectivity index (χ1v) is 7.11. The summed E-state index contributed by atoms with van der Waals surface area (Å²) in [7, 11) is 0. The molecule has 2 aromatic rings. The molecular formula is C15H17ClN2O3. The molecule has 0 saturated heterocycles. The quantitative estimate of drug-likeness (QED) is 0.863. The Balaban J connectivity index is 2.59. The van der Waals surface area contributed by atoms with Crippen LogP contribution >= 0.6 is 11.6 Å². The minimum absolute atomic E-state index is 0.0519. The van der Waals surface area contributed by atoms with Crippen molar-refractivity contribution < 1.29 is 4.74 Å². The van der Waals surface area contributed by atoms with Crippen molar-refractivity contribution >= 4 is 11.6 Å². The summed E-state index contributed by atoms with van der Waals surface area (Å²) in [5, 5.41) is 0.0519. The molecule has 112 valence electrons. The number of halogens is 1. The number of hydrogen-bond acceptors (Lipinski definition) is 3. The number of H-pyrrole nitrogens is 1. The molecule has 1 aromatic heterocycles.